The van der Waals surface area contributed by atoms with E-state index in [0.717, 1.165) is 23.7 Å². The monoisotopic (exact) mass is 264 g/mol. The number of nitrogens with zero attached hydrogens (tertiary/aromatic N) is 1. The van der Waals surface area contributed by atoms with Crippen LogP contribution in [0.25, 0.3) is 0 Å². The summed E-state index contributed by atoms with van der Waals surface area (Å²) in [5.74, 6) is 3.69. The first kappa shape index (κ1) is 13.4. The van der Waals surface area contributed by atoms with Crippen molar-refractivity contribution in [2.45, 2.75) is 52.0 Å². The Kier molecular flexibility index (Phi) is 3.16. The molecular weight excluding hydrogens is 236 g/mol. The highest BCUT2D eigenvalue weighted by Gasteiger charge is 2.51. The van der Waals surface area contributed by atoms with E-state index in [1.807, 2.05) is 20.9 Å². The van der Waals surface area contributed by atoms with E-state index < -0.39 is 5.41 Å². The fraction of sp³-hybridized carbons (Fsp3) is 0.938. The Morgan fingerprint density at radius 1 is 1.11 bits per heavy atom. The largest absolute Gasteiger partial charge is 0.342 e. The van der Waals surface area contributed by atoms with Crippen LogP contribution in [0.2, 0.25) is 0 Å². The van der Waals surface area contributed by atoms with E-state index in [0.29, 0.717) is 12.6 Å². The van der Waals surface area contributed by atoms with Gasteiger partial charge in [0.25, 0.3) is 0 Å². The third-order valence-corrected chi connectivity index (χ3v) is 6.03. The van der Waals surface area contributed by atoms with E-state index in [2.05, 4.69) is 4.90 Å². The van der Waals surface area contributed by atoms with Gasteiger partial charge in [-0.3, -0.25) is 4.79 Å². The maximum Gasteiger partial charge on any atom is 0.229 e. The van der Waals surface area contributed by atoms with Gasteiger partial charge in [0.2, 0.25) is 5.91 Å². The summed E-state index contributed by atoms with van der Waals surface area (Å²) in [5, 5.41) is 0. The molecule has 4 aliphatic carbocycles. The zero-order valence-corrected chi connectivity index (χ0v) is 12.6. The lowest BCUT2D eigenvalue weighted by molar-refractivity contribution is -0.149. The third kappa shape index (κ3) is 2.10. The molecule has 0 saturated heterocycles. The Balaban J connectivity index is 1.77. The summed E-state index contributed by atoms with van der Waals surface area (Å²) in [5.41, 5.74) is 5.36. The Hall–Kier alpha value is -0.570. The van der Waals surface area contributed by atoms with Crippen molar-refractivity contribution in [3.8, 4) is 0 Å². The highest BCUT2D eigenvalue weighted by Crippen LogP contribution is 2.55. The summed E-state index contributed by atoms with van der Waals surface area (Å²) in [4.78, 5) is 14.7. The van der Waals surface area contributed by atoms with Crippen LogP contribution in [0, 0.1) is 29.1 Å². The molecule has 0 aromatic heterocycles. The average molecular weight is 264 g/mol. The van der Waals surface area contributed by atoms with Gasteiger partial charge in [-0.25, -0.2) is 0 Å². The number of rotatable bonds is 3. The molecule has 0 atom stereocenters. The van der Waals surface area contributed by atoms with Gasteiger partial charge in [0.15, 0.2) is 0 Å². The third-order valence-electron chi connectivity index (χ3n) is 6.03. The molecule has 0 spiro atoms. The van der Waals surface area contributed by atoms with Crippen LogP contribution < -0.4 is 5.73 Å². The summed E-state index contributed by atoms with van der Waals surface area (Å²) in [6.45, 7) is 4.38. The number of hydrogen-bond acceptors (Lipinski definition) is 2. The second-order valence-electron chi connectivity index (χ2n) is 7.93. The molecule has 0 radical (unpaired) electrons. The van der Waals surface area contributed by atoms with Crippen LogP contribution in [-0.2, 0) is 4.79 Å². The van der Waals surface area contributed by atoms with E-state index in [-0.39, 0.29) is 5.91 Å². The standard InChI is InChI=1S/C16H28N2O/c1-16(2,9-17)15(19)18(3)14-12-5-10-4-11(7-12)8-13(14)6-10/h10-14H,4-9,17H2,1-3H3. The molecule has 1 amide bonds. The Bertz CT molecular complexity index is 349. The van der Waals surface area contributed by atoms with Crippen LogP contribution in [0.1, 0.15) is 46.0 Å². The normalized spacial score (nSPS) is 40.5. The molecule has 4 rings (SSSR count). The summed E-state index contributed by atoms with van der Waals surface area (Å²) in [6.07, 6.45) is 6.90. The van der Waals surface area contributed by atoms with Gasteiger partial charge in [0, 0.05) is 19.6 Å². The van der Waals surface area contributed by atoms with Gasteiger partial charge in [0.1, 0.15) is 0 Å². The van der Waals surface area contributed by atoms with Crippen LogP contribution >= 0.6 is 0 Å². The topological polar surface area (TPSA) is 46.3 Å². The predicted octanol–water partition coefficient (Wildman–Crippen LogP) is 2.25. The highest BCUT2D eigenvalue weighted by molar-refractivity contribution is 5.82. The zero-order chi connectivity index (χ0) is 13.8. The van der Waals surface area contributed by atoms with Gasteiger partial charge in [0.05, 0.1) is 5.41 Å². The number of carbonyl (C=O) groups excluding carboxylic acids is 1. The average Bonchev–Trinajstić information content (AvgIpc) is 2.36. The van der Waals surface area contributed by atoms with Crippen LogP contribution in [0.5, 0.6) is 0 Å². The fourth-order valence-corrected chi connectivity index (χ4v) is 5.23. The van der Waals surface area contributed by atoms with Crippen molar-refractivity contribution >= 4 is 5.91 Å². The molecule has 0 aromatic rings. The van der Waals surface area contributed by atoms with Crippen molar-refractivity contribution in [1.29, 1.82) is 0 Å². The minimum absolute atomic E-state index is 0.243. The fourth-order valence-electron chi connectivity index (χ4n) is 5.23. The van der Waals surface area contributed by atoms with Crippen molar-refractivity contribution in [2.24, 2.45) is 34.8 Å². The van der Waals surface area contributed by atoms with E-state index in [1.54, 1.807) is 0 Å². The van der Waals surface area contributed by atoms with E-state index in [9.17, 15) is 4.79 Å². The molecule has 0 aliphatic heterocycles. The maximum atomic E-state index is 12.7. The number of amides is 1. The first-order chi connectivity index (χ1) is 8.92. The first-order valence-electron chi connectivity index (χ1n) is 7.89. The summed E-state index contributed by atoms with van der Waals surface area (Å²) < 4.78 is 0. The molecule has 0 heterocycles. The van der Waals surface area contributed by atoms with E-state index in [1.165, 1.54) is 32.1 Å². The maximum absolute atomic E-state index is 12.7. The van der Waals surface area contributed by atoms with Gasteiger partial charge in [-0.05, 0) is 69.6 Å². The van der Waals surface area contributed by atoms with E-state index in [4.69, 9.17) is 5.73 Å². The summed E-state index contributed by atoms with van der Waals surface area (Å²) in [7, 11) is 2.02. The molecule has 3 nitrogen and oxygen atoms in total. The minimum Gasteiger partial charge on any atom is -0.342 e. The molecule has 2 N–H and O–H groups in total. The molecule has 4 aliphatic rings. The van der Waals surface area contributed by atoms with Crippen molar-refractivity contribution in [3.05, 3.63) is 0 Å². The van der Waals surface area contributed by atoms with Crippen LogP contribution in [0.15, 0.2) is 0 Å². The van der Waals surface area contributed by atoms with Crippen LogP contribution in [0.3, 0.4) is 0 Å². The molecule has 0 aromatic carbocycles. The quantitative estimate of drug-likeness (QED) is 0.850. The summed E-state index contributed by atoms with van der Waals surface area (Å²) >= 11 is 0. The Morgan fingerprint density at radius 3 is 2.00 bits per heavy atom. The first-order valence-corrected chi connectivity index (χ1v) is 7.89. The molecule has 19 heavy (non-hydrogen) atoms. The molecule has 4 saturated carbocycles. The van der Waals surface area contributed by atoms with Gasteiger partial charge < -0.3 is 10.6 Å². The van der Waals surface area contributed by atoms with Gasteiger partial charge in [-0.15, -0.1) is 0 Å². The molecule has 3 heteroatoms. The molecular formula is C16H28N2O. The van der Waals surface area contributed by atoms with Gasteiger partial charge in [-0.1, -0.05) is 0 Å². The van der Waals surface area contributed by atoms with Crippen LogP contribution in [-0.4, -0.2) is 30.4 Å². The van der Waals surface area contributed by atoms with Crippen molar-refractivity contribution < 1.29 is 4.79 Å². The number of hydrogen-bond donors (Lipinski definition) is 1. The lowest BCUT2D eigenvalue weighted by Gasteiger charge is -2.57. The molecule has 4 bridgehead atoms. The van der Waals surface area contributed by atoms with Crippen molar-refractivity contribution in [1.82, 2.24) is 4.90 Å². The molecule has 0 unspecified atom stereocenters. The van der Waals surface area contributed by atoms with Crippen molar-refractivity contribution in [2.75, 3.05) is 13.6 Å². The minimum atomic E-state index is -0.413. The highest BCUT2D eigenvalue weighted by atomic mass is 16.2. The summed E-state index contributed by atoms with van der Waals surface area (Å²) in [6, 6.07) is 0.492. The SMILES string of the molecule is CN(C(=O)C(C)(C)CN)C1C2CC3CC(C2)CC1C3. The second kappa shape index (κ2) is 4.47. The van der Waals surface area contributed by atoms with E-state index >= 15 is 0 Å². The van der Waals surface area contributed by atoms with Crippen LogP contribution in [0.4, 0.5) is 0 Å². The zero-order valence-electron chi connectivity index (χ0n) is 12.6. The Labute approximate surface area is 116 Å². The predicted molar refractivity (Wildman–Crippen MR) is 76.4 cm³/mol. The molecule has 4 fully saturated rings. The number of nitrogens with two attached hydrogens (primary N) is 1. The Morgan fingerprint density at radius 2 is 1.58 bits per heavy atom. The number of carbonyl (C=O) groups is 1. The lowest BCUT2D eigenvalue weighted by Crippen LogP contribution is -2.58. The van der Waals surface area contributed by atoms with Gasteiger partial charge >= 0.3 is 0 Å². The second-order valence-corrected chi connectivity index (χ2v) is 7.93. The smallest absolute Gasteiger partial charge is 0.229 e. The molecule has 108 valence electrons. The van der Waals surface area contributed by atoms with Crippen molar-refractivity contribution in [3.63, 3.8) is 0 Å². The lowest BCUT2D eigenvalue weighted by atomic mass is 9.54. The van der Waals surface area contributed by atoms with Gasteiger partial charge in [-0.2, -0.15) is 0 Å².